The van der Waals surface area contributed by atoms with Gasteiger partial charge in [0.2, 0.25) is 0 Å². The van der Waals surface area contributed by atoms with E-state index in [1.165, 1.54) is 9.80 Å². The molecule has 2 amide bonds. The molecule has 0 spiro atoms. The number of benzene rings is 1. The quantitative estimate of drug-likeness (QED) is 0.902. The van der Waals surface area contributed by atoms with Gasteiger partial charge in [-0.2, -0.15) is 13.2 Å². The molecular weight excluding hydrogens is 349 g/mol. The second-order valence-electron chi connectivity index (χ2n) is 6.15. The Kier molecular flexibility index (Phi) is 5.12. The van der Waals surface area contributed by atoms with Gasteiger partial charge in [0.05, 0.1) is 6.54 Å². The third kappa shape index (κ3) is 4.51. The highest BCUT2D eigenvalue weighted by atomic mass is 19.4. The lowest BCUT2D eigenvalue weighted by molar-refractivity contribution is -0.148. The molecule has 3 rings (SSSR count). The van der Waals surface area contributed by atoms with Gasteiger partial charge in [0.25, 0.3) is 0 Å². The van der Waals surface area contributed by atoms with Crippen LogP contribution in [-0.2, 0) is 7.05 Å². The largest absolute Gasteiger partial charge is 0.401 e. The lowest BCUT2D eigenvalue weighted by atomic mass is 10.2. The van der Waals surface area contributed by atoms with Gasteiger partial charge in [-0.05, 0) is 24.3 Å². The minimum Gasteiger partial charge on any atom is -0.322 e. The fourth-order valence-corrected chi connectivity index (χ4v) is 2.81. The first-order valence-corrected chi connectivity index (χ1v) is 8.11. The molecule has 0 radical (unpaired) electrons. The number of aryl methyl sites for hydroxylation is 1. The molecule has 2 aromatic rings. The van der Waals surface area contributed by atoms with Crippen LogP contribution >= 0.6 is 0 Å². The van der Waals surface area contributed by atoms with Crippen molar-refractivity contribution in [1.82, 2.24) is 24.6 Å². The van der Waals surface area contributed by atoms with Crippen molar-refractivity contribution in [2.24, 2.45) is 7.05 Å². The average molecular weight is 368 g/mol. The topological polar surface area (TPSA) is 66.3 Å². The van der Waals surface area contributed by atoms with Crippen LogP contribution in [0.2, 0.25) is 0 Å². The zero-order valence-corrected chi connectivity index (χ0v) is 14.2. The first kappa shape index (κ1) is 18.2. The number of hydrogen-bond acceptors (Lipinski definition) is 4. The van der Waals surface area contributed by atoms with Crippen LogP contribution in [-0.4, -0.2) is 69.5 Å². The minimum atomic E-state index is -4.21. The summed E-state index contributed by atoms with van der Waals surface area (Å²) in [6.45, 7) is -0.000105. The van der Waals surface area contributed by atoms with Crippen LogP contribution in [0.25, 0.3) is 11.4 Å². The minimum absolute atomic E-state index is 0.206. The van der Waals surface area contributed by atoms with Gasteiger partial charge in [-0.15, -0.1) is 10.2 Å². The van der Waals surface area contributed by atoms with Gasteiger partial charge in [0, 0.05) is 44.5 Å². The molecule has 0 bridgehead atoms. The van der Waals surface area contributed by atoms with Crippen molar-refractivity contribution < 1.29 is 18.0 Å². The maximum Gasteiger partial charge on any atom is 0.401 e. The SMILES string of the molecule is Cn1cnnc1-c1ccc(NC(=O)N2CCN(CC(F)(F)F)CC2)cc1. The summed E-state index contributed by atoms with van der Waals surface area (Å²) in [4.78, 5) is 15.1. The summed E-state index contributed by atoms with van der Waals surface area (Å²) in [5, 5.41) is 10.6. The highest BCUT2D eigenvalue weighted by Gasteiger charge is 2.32. The van der Waals surface area contributed by atoms with E-state index in [1.54, 1.807) is 23.0 Å². The lowest BCUT2D eigenvalue weighted by Gasteiger charge is -2.34. The Morgan fingerprint density at radius 2 is 1.81 bits per heavy atom. The number of nitrogens with one attached hydrogen (secondary N) is 1. The third-order valence-electron chi connectivity index (χ3n) is 4.17. The van der Waals surface area contributed by atoms with Crippen molar-refractivity contribution in [2.45, 2.75) is 6.18 Å². The molecule has 1 aromatic carbocycles. The van der Waals surface area contributed by atoms with Crippen LogP contribution in [0.4, 0.5) is 23.7 Å². The van der Waals surface area contributed by atoms with Gasteiger partial charge in [-0.3, -0.25) is 4.90 Å². The van der Waals surface area contributed by atoms with Crippen LogP contribution in [0.1, 0.15) is 0 Å². The number of hydrogen-bond donors (Lipinski definition) is 1. The number of anilines is 1. The molecule has 0 atom stereocenters. The molecule has 26 heavy (non-hydrogen) atoms. The van der Waals surface area contributed by atoms with E-state index >= 15 is 0 Å². The Morgan fingerprint density at radius 1 is 1.15 bits per heavy atom. The molecule has 1 N–H and O–H groups in total. The summed E-state index contributed by atoms with van der Waals surface area (Å²) in [6.07, 6.45) is -2.61. The fraction of sp³-hybridized carbons (Fsp3) is 0.438. The van der Waals surface area contributed by atoms with E-state index in [-0.39, 0.29) is 32.2 Å². The second kappa shape index (κ2) is 7.32. The number of rotatable bonds is 3. The zero-order chi connectivity index (χ0) is 18.7. The van der Waals surface area contributed by atoms with Crippen molar-refractivity contribution in [3.8, 4) is 11.4 Å². The summed E-state index contributed by atoms with van der Waals surface area (Å²) in [6, 6.07) is 6.83. The van der Waals surface area contributed by atoms with Gasteiger partial charge < -0.3 is 14.8 Å². The Morgan fingerprint density at radius 3 is 2.35 bits per heavy atom. The molecule has 1 fully saturated rings. The molecule has 1 aliphatic heterocycles. The molecule has 1 aliphatic rings. The highest BCUT2D eigenvalue weighted by molar-refractivity contribution is 5.89. The van der Waals surface area contributed by atoms with E-state index in [2.05, 4.69) is 15.5 Å². The van der Waals surface area contributed by atoms with Crippen molar-refractivity contribution in [1.29, 1.82) is 0 Å². The molecule has 0 saturated carbocycles. The number of piperazine rings is 1. The number of carbonyl (C=O) groups is 1. The Hall–Kier alpha value is -2.62. The normalized spacial score (nSPS) is 15.9. The summed E-state index contributed by atoms with van der Waals surface area (Å²) in [5.41, 5.74) is 1.47. The monoisotopic (exact) mass is 368 g/mol. The van der Waals surface area contributed by atoms with E-state index in [1.807, 2.05) is 19.2 Å². The van der Waals surface area contributed by atoms with E-state index in [0.717, 1.165) is 5.56 Å². The van der Waals surface area contributed by atoms with Crippen molar-refractivity contribution in [2.75, 3.05) is 38.0 Å². The smallest absolute Gasteiger partial charge is 0.322 e. The summed E-state index contributed by atoms with van der Waals surface area (Å²) >= 11 is 0. The van der Waals surface area contributed by atoms with E-state index in [4.69, 9.17) is 0 Å². The molecule has 140 valence electrons. The van der Waals surface area contributed by atoms with Gasteiger partial charge in [-0.25, -0.2) is 4.79 Å². The summed E-state index contributed by atoms with van der Waals surface area (Å²) in [5.74, 6) is 0.712. The van der Waals surface area contributed by atoms with Crippen LogP contribution in [0.3, 0.4) is 0 Å². The average Bonchev–Trinajstić information content (AvgIpc) is 3.01. The first-order chi connectivity index (χ1) is 12.3. The number of nitrogens with zero attached hydrogens (tertiary/aromatic N) is 5. The number of halogens is 3. The maximum absolute atomic E-state index is 12.4. The van der Waals surface area contributed by atoms with Crippen molar-refractivity contribution >= 4 is 11.7 Å². The number of alkyl halides is 3. The molecule has 2 heterocycles. The predicted octanol–water partition coefficient (Wildman–Crippen LogP) is 2.19. The highest BCUT2D eigenvalue weighted by Crippen LogP contribution is 2.20. The number of carbonyl (C=O) groups excluding carboxylic acids is 1. The molecule has 0 unspecified atom stereocenters. The van der Waals surface area contributed by atoms with Crippen LogP contribution < -0.4 is 5.32 Å². The second-order valence-corrected chi connectivity index (χ2v) is 6.15. The van der Waals surface area contributed by atoms with Crippen LogP contribution in [0.5, 0.6) is 0 Å². The number of urea groups is 1. The summed E-state index contributed by atoms with van der Waals surface area (Å²) in [7, 11) is 1.84. The molecule has 10 heteroatoms. The number of amides is 2. The maximum atomic E-state index is 12.4. The van der Waals surface area contributed by atoms with Crippen LogP contribution in [0.15, 0.2) is 30.6 Å². The third-order valence-corrected chi connectivity index (χ3v) is 4.17. The van der Waals surface area contributed by atoms with Crippen molar-refractivity contribution in [3.05, 3.63) is 30.6 Å². The van der Waals surface area contributed by atoms with Gasteiger partial charge in [0.1, 0.15) is 6.33 Å². The van der Waals surface area contributed by atoms with Gasteiger partial charge >= 0.3 is 12.2 Å². The molecular formula is C16H19F3N6O. The summed E-state index contributed by atoms with van der Waals surface area (Å²) < 4.78 is 39.0. The van der Waals surface area contributed by atoms with E-state index in [0.29, 0.717) is 11.5 Å². The van der Waals surface area contributed by atoms with Crippen molar-refractivity contribution in [3.63, 3.8) is 0 Å². The van der Waals surface area contributed by atoms with Crippen LogP contribution in [0, 0.1) is 0 Å². The Balaban J connectivity index is 1.53. The fourth-order valence-electron chi connectivity index (χ4n) is 2.81. The standard InChI is InChI=1S/C16H19F3N6O/c1-23-11-20-22-14(23)12-2-4-13(5-3-12)21-15(26)25-8-6-24(7-9-25)10-16(17,18)19/h2-5,11H,6-10H2,1H3,(H,21,26). The van der Waals surface area contributed by atoms with Gasteiger partial charge in [0.15, 0.2) is 5.82 Å². The Bertz CT molecular complexity index is 750. The lowest BCUT2D eigenvalue weighted by Crippen LogP contribution is -2.51. The first-order valence-electron chi connectivity index (χ1n) is 8.11. The molecule has 1 aromatic heterocycles. The van der Waals surface area contributed by atoms with E-state index in [9.17, 15) is 18.0 Å². The molecule has 1 saturated heterocycles. The number of aromatic nitrogens is 3. The molecule has 0 aliphatic carbocycles. The van der Waals surface area contributed by atoms with Gasteiger partial charge in [-0.1, -0.05) is 0 Å². The zero-order valence-electron chi connectivity index (χ0n) is 14.2. The predicted molar refractivity (Wildman–Crippen MR) is 89.5 cm³/mol. The van der Waals surface area contributed by atoms with E-state index < -0.39 is 12.7 Å². The Labute approximate surface area is 148 Å². The molecule has 7 nitrogen and oxygen atoms in total.